The number of phosphoric acid groups is 2. The van der Waals surface area contributed by atoms with Gasteiger partial charge in [0.15, 0.2) is 12.2 Å². The third-order valence-corrected chi connectivity index (χ3v) is 16.9. The molecule has 0 aromatic carbocycles. The van der Waals surface area contributed by atoms with Crippen LogP contribution in [0.4, 0.5) is 0 Å². The van der Waals surface area contributed by atoms with Crippen molar-refractivity contribution in [3.05, 3.63) is 24.3 Å². The quantitative estimate of drug-likeness (QED) is 0.0169. The molecule has 3 N–H and O–H groups in total. The van der Waals surface area contributed by atoms with Gasteiger partial charge in [0.2, 0.25) is 0 Å². The lowest BCUT2D eigenvalue weighted by molar-refractivity contribution is -0.161. The Morgan fingerprint density at radius 3 is 0.931 bits per heavy atom. The Morgan fingerprint density at radius 2 is 0.621 bits per heavy atom. The number of allylic oxidation sites excluding steroid dienone is 4. The number of aliphatic hydroxyl groups excluding tert-OH is 1. The average Bonchev–Trinajstić information content (AvgIpc) is 3.62. The number of esters is 4. The van der Waals surface area contributed by atoms with Crippen molar-refractivity contribution < 1.29 is 80.2 Å². The van der Waals surface area contributed by atoms with Gasteiger partial charge in [-0.15, -0.1) is 0 Å². The topological polar surface area (TPSA) is 237 Å². The predicted molar refractivity (Wildman–Crippen MR) is 349 cm³/mol. The van der Waals surface area contributed by atoms with Gasteiger partial charge in [-0.2, -0.15) is 0 Å². The molecule has 0 aromatic rings. The highest BCUT2D eigenvalue weighted by Crippen LogP contribution is 2.45. The van der Waals surface area contributed by atoms with Crippen LogP contribution in [0.5, 0.6) is 0 Å². The number of phosphoric ester groups is 2. The highest BCUT2D eigenvalue weighted by Gasteiger charge is 2.30. The van der Waals surface area contributed by atoms with E-state index in [1.807, 2.05) is 0 Å². The highest BCUT2D eigenvalue weighted by atomic mass is 31.2. The number of hydrogen-bond donors (Lipinski definition) is 3. The molecule has 0 bridgehead atoms. The largest absolute Gasteiger partial charge is 0.472 e. The molecule has 0 rings (SSSR count). The number of unbranched alkanes of at least 4 members (excludes halogenated alkanes) is 29. The van der Waals surface area contributed by atoms with Crippen molar-refractivity contribution in [2.45, 2.75) is 330 Å². The molecule has 0 aromatic heterocycles. The Morgan fingerprint density at radius 1 is 0.356 bits per heavy atom. The molecule has 0 radical (unpaired) electrons. The molecule has 0 aliphatic heterocycles. The first-order chi connectivity index (χ1) is 41.7. The molecule has 0 aliphatic rings. The van der Waals surface area contributed by atoms with Crippen LogP contribution in [-0.2, 0) is 65.4 Å². The summed E-state index contributed by atoms with van der Waals surface area (Å²) >= 11 is 0. The van der Waals surface area contributed by atoms with E-state index >= 15 is 0 Å². The first-order valence-electron chi connectivity index (χ1n) is 34.7. The standard InChI is InChI=1S/C68H128O17P2/c1-8-9-10-11-12-13-14-15-16-17-18-21-28-37-44-51-67(72)84-63(55-78-65(70)49-42-35-27-22-19-20-25-32-39-46-59(2)3)57-82-86(74,75)80-53-62(69)54-81-87(76,77)83-58-64(56-79-66(71)50-43-36-31-30-34-41-48-61(6)7)85-68(73)52-45-38-29-24-23-26-33-40-47-60(4)5/h13-16,59-64,69H,8-12,17-58H2,1-7H3,(H,74,75)(H,76,77)/b14-13-,16-15-/t62-,63-,64-/m1/s1. The summed E-state index contributed by atoms with van der Waals surface area (Å²) < 4.78 is 68.1. The van der Waals surface area contributed by atoms with E-state index in [1.165, 1.54) is 103 Å². The van der Waals surface area contributed by atoms with Gasteiger partial charge >= 0.3 is 39.5 Å². The third kappa shape index (κ3) is 62.1. The first-order valence-corrected chi connectivity index (χ1v) is 37.7. The van der Waals surface area contributed by atoms with Crippen molar-refractivity contribution in [1.82, 2.24) is 0 Å². The zero-order chi connectivity index (χ0) is 64.5. The summed E-state index contributed by atoms with van der Waals surface area (Å²) in [5, 5.41) is 10.6. The third-order valence-electron chi connectivity index (χ3n) is 15.0. The van der Waals surface area contributed by atoms with E-state index < -0.39 is 97.5 Å². The van der Waals surface area contributed by atoms with Crippen molar-refractivity contribution >= 4 is 39.5 Å². The summed E-state index contributed by atoms with van der Waals surface area (Å²) in [6.45, 7) is 11.6. The van der Waals surface area contributed by atoms with Crippen LogP contribution < -0.4 is 0 Å². The molecule has 17 nitrogen and oxygen atoms in total. The van der Waals surface area contributed by atoms with E-state index in [0.29, 0.717) is 37.5 Å². The minimum absolute atomic E-state index is 0.0839. The fourth-order valence-electron chi connectivity index (χ4n) is 9.65. The van der Waals surface area contributed by atoms with Gasteiger partial charge in [-0.1, -0.05) is 259 Å². The highest BCUT2D eigenvalue weighted by molar-refractivity contribution is 7.47. The second kappa shape index (κ2) is 58.6. The van der Waals surface area contributed by atoms with Gasteiger partial charge in [-0.25, -0.2) is 9.13 Å². The number of ether oxygens (including phenoxy) is 4. The lowest BCUT2D eigenvalue weighted by Crippen LogP contribution is -2.30. The van der Waals surface area contributed by atoms with Crippen molar-refractivity contribution in [2.75, 3.05) is 39.6 Å². The van der Waals surface area contributed by atoms with Crippen molar-refractivity contribution in [1.29, 1.82) is 0 Å². The van der Waals surface area contributed by atoms with Crippen LogP contribution in [0.25, 0.3) is 0 Å². The minimum Gasteiger partial charge on any atom is -0.462 e. The minimum atomic E-state index is -4.96. The van der Waals surface area contributed by atoms with Gasteiger partial charge in [0, 0.05) is 25.7 Å². The monoisotopic (exact) mass is 1280 g/mol. The molecule has 0 aliphatic carbocycles. The molecule has 87 heavy (non-hydrogen) atoms. The van der Waals surface area contributed by atoms with Gasteiger partial charge in [0.05, 0.1) is 26.4 Å². The summed E-state index contributed by atoms with van der Waals surface area (Å²) in [4.78, 5) is 72.4. The second-order valence-electron chi connectivity index (χ2n) is 25.3. The van der Waals surface area contributed by atoms with E-state index in [0.717, 1.165) is 115 Å². The number of carbonyl (C=O) groups excluding carboxylic acids is 4. The first kappa shape index (κ1) is 84.5. The Balaban J connectivity index is 5.29. The second-order valence-corrected chi connectivity index (χ2v) is 28.2. The van der Waals surface area contributed by atoms with Gasteiger partial charge in [0.1, 0.15) is 19.3 Å². The van der Waals surface area contributed by atoms with Crippen molar-refractivity contribution in [2.24, 2.45) is 17.8 Å². The summed E-state index contributed by atoms with van der Waals surface area (Å²) in [6, 6.07) is 0. The Labute approximate surface area is 529 Å². The average molecular weight is 1280 g/mol. The van der Waals surface area contributed by atoms with Crippen LogP contribution in [0.2, 0.25) is 0 Å². The molecule has 512 valence electrons. The molecule has 19 heteroatoms. The zero-order valence-electron chi connectivity index (χ0n) is 56.0. The van der Waals surface area contributed by atoms with E-state index in [1.54, 1.807) is 0 Å². The number of rotatable bonds is 64. The summed E-state index contributed by atoms with van der Waals surface area (Å²) in [5.41, 5.74) is 0. The molecule has 0 heterocycles. The number of carbonyl (C=O) groups is 4. The van der Waals surface area contributed by atoms with E-state index in [4.69, 9.17) is 37.0 Å². The molecular formula is C68H128O17P2. The molecule has 0 spiro atoms. The maximum absolute atomic E-state index is 13.0. The van der Waals surface area contributed by atoms with Crippen molar-refractivity contribution in [3.63, 3.8) is 0 Å². The zero-order valence-corrected chi connectivity index (χ0v) is 57.7. The fraction of sp³-hybridized carbons (Fsp3) is 0.882. The molecule has 2 unspecified atom stereocenters. The van der Waals surface area contributed by atoms with Gasteiger partial charge < -0.3 is 33.8 Å². The van der Waals surface area contributed by atoms with E-state index in [9.17, 15) is 43.2 Å². The van der Waals surface area contributed by atoms with Crippen molar-refractivity contribution in [3.8, 4) is 0 Å². The SMILES string of the molecule is CCCCCC/C=C\C=C/CCCCCCCC(=O)O[C@H](COC(=O)CCCCCCCCCCCC(C)C)COP(=O)(O)OC[C@@H](O)COP(=O)(O)OC[C@@H](COC(=O)CCCCCCCCC(C)C)OC(=O)CCCCCCCCCCC(C)C. The Bertz CT molecular complexity index is 1810. The Hall–Kier alpha value is -2.46. The van der Waals surface area contributed by atoms with E-state index in [-0.39, 0.29) is 25.7 Å². The van der Waals surface area contributed by atoms with Gasteiger partial charge in [-0.3, -0.25) is 37.3 Å². The summed E-state index contributed by atoms with van der Waals surface area (Å²) in [7, 11) is -9.91. The number of aliphatic hydroxyl groups is 1. The fourth-order valence-corrected chi connectivity index (χ4v) is 11.2. The van der Waals surface area contributed by atoms with Gasteiger partial charge in [-0.05, 0) is 69.1 Å². The van der Waals surface area contributed by atoms with Crippen LogP contribution in [0.3, 0.4) is 0 Å². The molecular weight excluding hydrogens is 1150 g/mol. The molecule has 0 saturated heterocycles. The Kier molecular flexibility index (Phi) is 57.0. The molecule has 0 amide bonds. The number of hydrogen-bond acceptors (Lipinski definition) is 15. The summed E-state index contributed by atoms with van der Waals surface area (Å²) in [6.07, 6.45) is 44.1. The predicted octanol–water partition coefficient (Wildman–Crippen LogP) is 18.6. The maximum Gasteiger partial charge on any atom is 0.472 e. The molecule has 5 atom stereocenters. The van der Waals surface area contributed by atoms with Crippen LogP contribution in [0.15, 0.2) is 24.3 Å². The summed E-state index contributed by atoms with van der Waals surface area (Å²) in [5.74, 6) is -0.0287. The van der Waals surface area contributed by atoms with Crippen LogP contribution >= 0.6 is 15.6 Å². The van der Waals surface area contributed by atoms with Gasteiger partial charge in [0.25, 0.3) is 0 Å². The lowest BCUT2D eigenvalue weighted by Gasteiger charge is -2.21. The van der Waals surface area contributed by atoms with Crippen LogP contribution in [0.1, 0.15) is 312 Å². The van der Waals surface area contributed by atoms with Crippen LogP contribution in [-0.4, -0.2) is 96.7 Å². The normalized spacial score (nSPS) is 14.4. The maximum atomic E-state index is 13.0. The lowest BCUT2D eigenvalue weighted by atomic mass is 10.0. The molecule has 0 saturated carbocycles. The smallest absolute Gasteiger partial charge is 0.462 e. The van der Waals surface area contributed by atoms with Crippen LogP contribution in [0, 0.1) is 17.8 Å². The molecule has 0 fully saturated rings. The van der Waals surface area contributed by atoms with E-state index in [2.05, 4.69) is 72.8 Å².